The molecule has 2 aromatic heterocycles. The Bertz CT molecular complexity index is 613. The monoisotopic (exact) mass is 290 g/mol. The maximum absolute atomic E-state index is 10.4. The van der Waals surface area contributed by atoms with Gasteiger partial charge in [-0.1, -0.05) is 0 Å². The molecule has 0 aromatic carbocycles. The van der Waals surface area contributed by atoms with Gasteiger partial charge in [0.05, 0.1) is 17.6 Å². The van der Waals surface area contributed by atoms with Crippen molar-refractivity contribution in [3.8, 4) is 5.75 Å². The number of rotatable bonds is 5. The minimum absolute atomic E-state index is 0.408. The third-order valence-corrected chi connectivity index (χ3v) is 3.64. The van der Waals surface area contributed by atoms with Crippen molar-refractivity contribution in [1.29, 1.82) is 0 Å². The highest BCUT2D eigenvalue weighted by Crippen LogP contribution is 2.19. The van der Waals surface area contributed by atoms with Crippen LogP contribution in [0.4, 0.5) is 0 Å². The minimum atomic E-state index is -0.998. The molecule has 0 unspecified atom stereocenters. The van der Waals surface area contributed by atoms with E-state index >= 15 is 0 Å². The number of carboxylic acids is 1. The molecule has 1 N–H and O–H groups in total. The van der Waals surface area contributed by atoms with Crippen LogP contribution in [0.1, 0.15) is 21.3 Å². The van der Waals surface area contributed by atoms with Crippen molar-refractivity contribution in [2.75, 3.05) is 0 Å². The van der Waals surface area contributed by atoms with Gasteiger partial charge in [-0.05, 0) is 32.1 Å². The van der Waals surface area contributed by atoms with Crippen LogP contribution in [-0.2, 0) is 11.4 Å². The van der Waals surface area contributed by atoms with Crippen LogP contribution in [0.15, 0.2) is 24.4 Å². The summed E-state index contributed by atoms with van der Waals surface area (Å²) in [5.74, 6) is -0.371. The molecule has 0 saturated heterocycles. The number of aliphatic carboxylic acids is 1. The highest BCUT2D eigenvalue weighted by Gasteiger charge is 2.04. The van der Waals surface area contributed by atoms with E-state index in [0.29, 0.717) is 18.1 Å². The molecule has 0 aliphatic carbocycles. The summed E-state index contributed by atoms with van der Waals surface area (Å²) in [6.45, 7) is 4.41. The van der Waals surface area contributed by atoms with Crippen molar-refractivity contribution >= 4 is 23.4 Å². The molecule has 2 aromatic rings. The summed E-state index contributed by atoms with van der Waals surface area (Å²) < 4.78 is 5.59. The van der Waals surface area contributed by atoms with Crippen LogP contribution in [0.2, 0.25) is 0 Å². The molecule has 0 aliphatic rings. The Kier molecular flexibility index (Phi) is 4.47. The maximum Gasteiger partial charge on any atom is 0.328 e. The number of ether oxygens (including phenoxy) is 1. The first-order valence-electron chi connectivity index (χ1n) is 5.97. The van der Waals surface area contributed by atoms with Gasteiger partial charge in [0, 0.05) is 11.0 Å². The van der Waals surface area contributed by atoms with Gasteiger partial charge in [0.15, 0.2) is 0 Å². The second kappa shape index (κ2) is 6.29. The Morgan fingerprint density at radius 1 is 1.45 bits per heavy atom. The van der Waals surface area contributed by atoms with Crippen LogP contribution < -0.4 is 4.74 Å². The van der Waals surface area contributed by atoms with Gasteiger partial charge in [-0.3, -0.25) is 4.98 Å². The summed E-state index contributed by atoms with van der Waals surface area (Å²) in [5, 5.41) is 9.44. The Labute approximate surface area is 120 Å². The van der Waals surface area contributed by atoms with Crippen LogP contribution in [0, 0.1) is 13.8 Å². The molecule has 104 valence electrons. The number of aryl methyl sites for hydroxylation is 2. The van der Waals surface area contributed by atoms with E-state index in [1.807, 2.05) is 13.8 Å². The smallest absolute Gasteiger partial charge is 0.328 e. The van der Waals surface area contributed by atoms with Gasteiger partial charge in [-0.15, -0.1) is 11.3 Å². The Morgan fingerprint density at radius 2 is 2.25 bits per heavy atom. The first-order chi connectivity index (χ1) is 9.54. The van der Waals surface area contributed by atoms with Gasteiger partial charge >= 0.3 is 5.97 Å². The fourth-order valence-corrected chi connectivity index (χ4v) is 2.33. The molecule has 0 radical (unpaired) electrons. The van der Waals surface area contributed by atoms with E-state index in [1.165, 1.54) is 11.0 Å². The van der Waals surface area contributed by atoms with Crippen molar-refractivity contribution in [3.05, 3.63) is 45.7 Å². The molecule has 0 amide bonds. The van der Waals surface area contributed by atoms with Crippen molar-refractivity contribution in [2.24, 2.45) is 0 Å². The number of carbonyl (C=O) groups is 1. The molecule has 2 heterocycles. The van der Waals surface area contributed by atoms with E-state index in [1.54, 1.807) is 29.7 Å². The summed E-state index contributed by atoms with van der Waals surface area (Å²) in [4.78, 5) is 20.1. The topological polar surface area (TPSA) is 72.3 Å². The zero-order chi connectivity index (χ0) is 14.5. The minimum Gasteiger partial charge on any atom is -0.485 e. The highest BCUT2D eigenvalue weighted by molar-refractivity contribution is 7.11. The first-order valence-corrected chi connectivity index (χ1v) is 6.79. The molecule has 20 heavy (non-hydrogen) atoms. The fourth-order valence-electron chi connectivity index (χ4n) is 1.48. The van der Waals surface area contributed by atoms with Gasteiger partial charge < -0.3 is 9.84 Å². The molecule has 0 spiro atoms. The van der Waals surface area contributed by atoms with Gasteiger partial charge in [-0.25, -0.2) is 9.78 Å². The standard InChI is InChI=1S/C14H14N2O3S/c1-9-10(2)20-13(16-9)8-19-12-5-3-11(15-7-12)4-6-14(17)18/h3-7H,8H2,1-2H3,(H,17,18)/b6-4+. The molecule has 5 nitrogen and oxygen atoms in total. The van der Waals surface area contributed by atoms with Crippen LogP contribution in [0.3, 0.4) is 0 Å². The van der Waals surface area contributed by atoms with Gasteiger partial charge in [0.1, 0.15) is 17.4 Å². The lowest BCUT2D eigenvalue weighted by Gasteiger charge is -2.03. The third-order valence-electron chi connectivity index (χ3n) is 2.59. The number of hydrogen-bond donors (Lipinski definition) is 1. The summed E-state index contributed by atoms with van der Waals surface area (Å²) >= 11 is 1.62. The Morgan fingerprint density at radius 3 is 2.80 bits per heavy atom. The molecular formula is C14H14N2O3S. The Balaban J connectivity index is 1.95. The van der Waals surface area contributed by atoms with Crippen molar-refractivity contribution in [1.82, 2.24) is 9.97 Å². The van der Waals surface area contributed by atoms with Crippen molar-refractivity contribution < 1.29 is 14.6 Å². The van der Waals surface area contributed by atoms with Gasteiger partial charge in [-0.2, -0.15) is 0 Å². The van der Waals surface area contributed by atoms with Crippen LogP contribution in [0.5, 0.6) is 5.75 Å². The quantitative estimate of drug-likeness (QED) is 0.857. The van der Waals surface area contributed by atoms with E-state index in [4.69, 9.17) is 9.84 Å². The molecule has 6 heteroatoms. The maximum atomic E-state index is 10.4. The lowest BCUT2D eigenvalue weighted by atomic mass is 10.3. The van der Waals surface area contributed by atoms with Gasteiger partial charge in [0.2, 0.25) is 0 Å². The molecule has 0 aliphatic heterocycles. The van der Waals surface area contributed by atoms with Crippen LogP contribution in [0.25, 0.3) is 6.08 Å². The number of carboxylic acid groups (broad SMARTS) is 1. The van der Waals surface area contributed by atoms with Crippen molar-refractivity contribution in [2.45, 2.75) is 20.5 Å². The molecule has 2 rings (SSSR count). The number of aromatic nitrogens is 2. The Hall–Kier alpha value is -2.21. The molecule has 0 fully saturated rings. The lowest BCUT2D eigenvalue weighted by Crippen LogP contribution is -1.95. The zero-order valence-electron chi connectivity index (χ0n) is 11.2. The lowest BCUT2D eigenvalue weighted by molar-refractivity contribution is -0.131. The van der Waals surface area contributed by atoms with Crippen LogP contribution >= 0.6 is 11.3 Å². The predicted octanol–water partition coefficient (Wildman–Crippen LogP) is 2.83. The second-order valence-corrected chi connectivity index (χ2v) is 5.42. The highest BCUT2D eigenvalue weighted by atomic mass is 32.1. The van der Waals surface area contributed by atoms with Crippen molar-refractivity contribution in [3.63, 3.8) is 0 Å². The summed E-state index contributed by atoms with van der Waals surface area (Å²) in [6, 6.07) is 3.45. The number of hydrogen-bond acceptors (Lipinski definition) is 5. The predicted molar refractivity (Wildman–Crippen MR) is 76.8 cm³/mol. The summed E-state index contributed by atoms with van der Waals surface area (Å²) in [5.41, 5.74) is 1.60. The third kappa shape index (κ3) is 3.89. The number of thiazole rings is 1. The fraction of sp³-hybridized carbons (Fsp3) is 0.214. The first kappa shape index (κ1) is 14.2. The number of pyridine rings is 1. The normalized spacial score (nSPS) is 10.9. The number of nitrogens with zero attached hydrogens (tertiary/aromatic N) is 2. The summed E-state index contributed by atoms with van der Waals surface area (Å²) in [7, 11) is 0. The van der Waals surface area contributed by atoms with Gasteiger partial charge in [0.25, 0.3) is 0 Å². The molecule has 0 saturated carbocycles. The van der Waals surface area contributed by atoms with E-state index in [-0.39, 0.29) is 0 Å². The van der Waals surface area contributed by atoms with Crippen LogP contribution in [-0.4, -0.2) is 21.0 Å². The average molecular weight is 290 g/mol. The van der Waals surface area contributed by atoms with E-state index in [2.05, 4.69) is 9.97 Å². The molecule has 0 atom stereocenters. The average Bonchev–Trinajstić information content (AvgIpc) is 2.74. The van der Waals surface area contributed by atoms with E-state index < -0.39 is 5.97 Å². The summed E-state index contributed by atoms with van der Waals surface area (Å²) in [6.07, 6.45) is 4.04. The molecular weight excluding hydrogens is 276 g/mol. The zero-order valence-corrected chi connectivity index (χ0v) is 12.0. The SMILES string of the molecule is Cc1nc(COc2ccc(/C=C/C(=O)O)nc2)sc1C. The largest absolute Gasteiger partial charge is 0.485 e. The molecule has 0 bridgehead atoms. The van der Waals surface area contributed by atoms with E-state index in [0.717, 1.165) is 16.8 Å². The second-order valence-electron chi connectivity index (χ2n) is 4.13. The van der Waals surface area contributed by atoms with E-state index in [9.17, 15) is 4.79 Å².